The standard InChI is InChI=1S/C17H22N2O2/c1-2-19(13-8-4-3-5-9-13)17(21)15-12-14(15)16(20)18-10-6-7-11-18/h3-5,8-9,14-15H,2,6-7,10-12H2,1H3. The van der Waals surface area contributed by atoms with Crippen LogP contribution < -0.4 is 4.90 Å². The van der Waals surface area contributed by atoms with Gasteiger partial charge in [0.15, 0.2) is 0 Å². The highest BCUT2D eigenvalue weighted by Crippen LogP contribution is 2.42. The number of hydrogen-bond donors (Lipinski definition) is 0. The van der Waals surface area contributed by atoms with Crippen LogP contribution in [0.25, 0.3) is 0 Å². The molecule has 4 heteroatoms. The SMILES string of the molecule is CCN(C(=O)C1CC1C(=O)N1CCCC1)c1ccccc1. The first-order valence-electron chi connectivity index (χ1n) is 7.87. The second-order valence-electron chi connectivity index (χ2n) is 5.90. The molecule has 1 saturated heterocycles. The minimum absolute atomic E-state index is 0.0756. The van der Waals surface area contributed by atoms with Gasteiger partial charge in [0, 0.05) is 25.3 Å². The molecule has 112 valence electrons. The number of rotatable bonds is 4. The molecule has 21 heavy (non-hydrogen) atoms. The van der Waals surface area contributed by atoms with E-state index < -0.39 is 0 Å². The van der Waals surface area contributed by atoms with Crippen molar-refractivity contribution in [3.05, 3.63) is 30.3 Å². The summed E-state index contributed by atoms with van der Waals surface area (Å²) in [6, 6.07) is 9.71. The number of benzene rings is 1. The minimum Gasteiger partial charge on any atom is -0.342 e. The van der Waals surface area contributed by atoms with Crippen molar-refractivity contribution in [2.24, 2.45) is 11.8 Å². The van der Waals surface area contributed by atoms with Crippen molar-refractivity contribution in [1.29, 1.82) is 0 Å². The quantitative estimate of drug-likeness (QED) is 0.852. The van der Waals surface area contributed by atoms with Crippen molar-refractivity contribution in [2.75, 3.05) is 24.5 Å². The van der Waals surface area contributed by atoms with Crippen LogP contribution in [0.3, 0.4) is 0 Å². The third kappa shape index (κ3) is 2.80. The maximum absolute atomic E-state index is 12.6. The zero-order valence-corrected chi connectivity index (χ0v) is 12.5. The lowest BCUT2D eigenvalue weighted by Crippen LogP contribution is -2.35. The van der Waals surface area contributed by atoms with Crippen molar-refractivity contribution in [1.82, 2.24) is 4.90 Å². The van der Waals surface area contributed by atoms with Crippen LogP contribution in [0.15, 0.2) is 30.3 Å². The summed E-state index contributed by atoms with van der Waals surface area (Å²) in [5.41, 5.74) is 0.921. The van der Waals surface area contributed by atoms with Gasteiger partial charge in [-0.05, 0) is 38.3 Å². The van der Waals surface area contributed by atoms with Crippen LogP contribution in [0.5, 0.6) is 0 Å². The third-order valence-corrected chi connectivity index (χ3v) is 4.49. The number of nitrogens with zero attached hydrogens (tertiary/aromatic N) is 2. The average molecular weight is 286 g/mol. The molecule has 2 amide bonds. The number of amides is 2. The van der Waals surface area contributed by atoms with Crippen LogP contribution in [-0.2, 0) is 9.59 Å². The van der Waals surface area contributed by atoms with Crippen LogP contribution in [0.2, 0.25) is 0 Å². The summed E-state index contributed by atoms with van der Waals surface area (Å²) in [5, 5.41) is 0. The number of anilines is 1. The van der Waals surface area contributed by atoms with E-state index in [9.17, 15) is 9.59 Å². The second-order valence-corrected chi connectivity index (χ2v) is 5.90. The maximum Gasteiger partial charge on any atom is 0.230 e. The molecule has 1 aliphatic heterocycles. The van der Waals surface area contributed by atoms with Crippen LogP contribution in [-0.4, -0.2) is 36.3 Å². The Morgan fingerprint density at radius 1 is 1.14 bits per heavy atom. The van der Waals surface area contributed by atoms with E-state index in [-0.39, 0.29) is 23.7 Å². The van der Waals surface area contributed by atoms with E-state index >= 15 is 0 Å². The zero-order valence-electron chi connectivity index (χ0n) is 12.5. The number of likely N-dealkylation sites (tertiary alicyclic amines) is 1. The molecule has 1 aromatic carbocycles. The molecule has 4 nitrogen and oxygen atoms in total. The molecular weight excluding hydrogens is 264 g/mol. The van der Waals surface area contributed by atoms with Gasteiger partial charge in [-0.1, -0.05) is 18.2 Å². The lowest BCUT2D eigenvalue weighted by atomic mass is 10.2. The fraction of sp³-hybridized carbons (Fsp3) is 0.529. The molecule has 1 heterocycles. The lowest BCUT2D eigenvalue weighted by molar-refractivity contribution is -0.133. The highest BCUT2D eigenvalue weighted by molar-refractivity contribution is 6.01. The Balaban J connectivity index is 1.65. The number of para-hydroxylation sites is 1. The number of hydrogen-bond acceptors (Lipinski definition) is 2. The molecule has 1 aliphatic carbocycles. The van der Waals surface area contributed by atoms with E-state index in [1.165, 1.54) is 0 Å². The van der Waals surface area contributed by atoms with Crippen molar-refractivity contribution in [3.8, 4) is 0 Å². The molecule has 2 atom stereocenters. The largest absolute Gasteiger partial charge is 0.342 e. The molecule has 0 aromatic heterocycles. The van der Waals surface area contributed by atoms with Crippen molar-refractivity contribution in [3.63, 3.8) is 0 Å². The van der Waals surface area contributed by atoms with E-state index in [0.29, 0.717) is 6.54 Å². The van der Waals surface area contributed by atoms with Gasteiger partial charge >= 0.3 is 0 Å². The maximum atomic E-state index is 12.6. The van der Waals surface area contributed by atoms with E-state index in [1.54, 1.807) is 4.90 Å². The highest BCUT2D eigenvalue weighted by atomic mass is 16.2. The smallest absolute Gasteiger partial charge is 0.230 e. The summed E-state index contributed by atoms with van der Waals surface area (Å²) in [4.78, 5) is 28.7. The van der Waals surface area contributed by atoms with E-state index in [0.717, 1.165) is 38.0 Å². The van der Waals surface area contributed by atoms with Crippen molar-refractivity contribution >= 4 is 17.5 Å². The topological polar surface area (TPSA) is 40.6 Å². The van der Waals surface area contributed by atoms with Crippen LogP contribution >= 0.6 is 0 Å². The summed E-state index contributed by atoms with van der Waals surface area (Å²) < 4.78 is 0. The molecule has 2 unspecified atom stereocenters. The molecule has 0 bridgehead atoms. The van der Waals surface area contributed by atoms with Gasteiger partial charge < -0.3 is 9.80 Å². The molecule has 0 N–H and O–H groups in total. The molecule has 3 rings (SSSR count). The summed E-state index contributed by atoms with van der Waals surface area (Å²) in [5.74, 6) is 0.0998. The Kier molecular flexibility index (Phi) is 3.95. The Bertz CT molecular complexity index is 523. The lowest BCUT2D eigenvalue weighted by Gasteiger charge is -2.21. The monoisotopic (exact) mass is 286 g/mol. The van der Waals surface area contributed by atoms with Gasteiger partial charge in [-0.3, -0.25) is 9.59 Å². The molecule has 0 radical (unpaired) electrons. The van der Waals surface area contributed by atoms with Gasteiger partial charge in [-0.2, -0.15) is 0 Å². The Morgan fingerprint density at radius 2 is 1.81 bits per heavy atom. The van der Waals surface area contributed by atoms with Crippen molar-refractivity contribution < 1.29 is 9.59 Å². The minimum atomic E-state index is -0.113. The Morgan fingerprint density at radius 3 is 2.43 bits per heavy atom. The van der Waals surface area contributed by atoms with Gasteiger partial charge in [0.05, 0.1) is 11.8 Å². The summed E-state index contributed by atoms with van der Waals surface area (Å²) in [6.07, 6.45) is 2.92. The fourth-order valence-electron chi connectivity index (χ4n) is 3.19. The molecule has 2 fully saturated rings. The zero-order chi connectivity index (χ0) is 14.8. The van der Waals surface area contributed by atoms with Crippen LogP contribution in [0.1, 0.15) is 26.2 Å². The molecule has 2 aliphatic rings. The summed E-state index contributed by atoms with van der Waals surface area (Å²) >= 11 is 0. The predicted molar refractivity (Wildman–Crippen MR) is 81.9 cm³/mol. The van der Waals surface area contributed by atoms with Gasteiger partial charge in [0.2, 0.25) is 11.8 Å². The second kappa shape index (κ2) is 5.88. The molecule has 1 aromatic rings. The fourth-order valence-corrected chi connectivity index (χ4v) is 3.19. The van der Waals surface area contributed by atoms with Gasteiger partial charge in [-0.15, -0.1) is 0 Å². The van der Waals surface area contributed by atoms with Crippen molar-refractivity contribution in [2.45, 2.75) is 26.2 Å². The van der Waals surface area contributed by atoms with Gasteiger partial charge in [-0.25, -0.2) is 0 Å². The van der Waals surface area contributed by atoms with Gasteiger partial charge in [0.25, 0.3) is 0 Å². The first-order chi connectivity index (χ1) is 10.2. The molecule has 1 saturated carbocycles. The van der Waals surface area contributed by atoms with Gasteiger partial charge in [0.1, 0.15) is 0 Å². The molecule has 0 spiro atoms. The average Bonchev–Trinajstić information content (AvgIpc) is 3.13. The van der Waals surface area contributed by atoms with E-state index in [2.05, 4.69) is 0 Å². The summed E-state index contributed by atoms with van der Waals surface area (Å²) in [6.45, 7) is 4.35. The Hall–Kier alpha value is -1.84. The summed E-state index contributed by atoms with van der Waals surface area (Å²) in [7, 11) is 0. The number of carbonyl (C=O) groups is 2. The predicted octanol–water partition coefficient (Wildman–Crippen LogP) is 2.30. The van der Waals surface area contributed by atoms with Crippen LogP contribution in [0, 0.1) is 11.8 Å². The normalized spacial score (nSPS) is 24.0. The highest BCUT2D eigenvalue weighted by Gasteiger charge is 2.51. The van der Waals surface area contributed by atoms with E-state index in [4.69, 9.17) is 0 Å². The first kappa shape index (κ1) is 14.1. The first-order valence-corrected chi connectivity index (χ1v) is 7.87. The Labute approximate surface area is 125 Å². The van der Waals surface area contributed by atoms with Crippen LogP contribution in [0.4, 0.5) is 5.69 Å². The number of carbonyl (C=O) groups excluding carboxylic acids is 2. The molecular formula is C17H22N2O2. The third-order valence-electron chi connectivity index (χ3n) is 4.49. The van der Waals surface area contributed by atoms with E-state index in [1.807, 2.05) is 42.2 Å².